The van der Waals surface area contributed by atoms with Gasteiger partial charge < -0.3 is 9.84 Å². The Kier molecular flexibility index (Phi) is 4.86. The lowest BCUT2D eigenvalue weighted by atomic mass is 9.79. The second-order valence-electron chi connectivity index (χ2n) is 8.01. The molecule has 2 aliphatic heterocycles. The Morgan fingerprint density at radius 1 is 1.31 bits per heavy atom. The summed E-state index contributed by atoms with van der Waals surface area (Å²) < 4.78 is 7.63. The predicted molar refractivity (Wildman–Crippen MR) is 102 cm³/mol. The number of aromatic nitrogens is 2. The van der Waals surface area contributed by atoms with Gasteiger partial charge in [-0.2, -0.15) is 5.10 Å². The van der Waals surface area contributed by atoms with E-state index in [1.54, 1.807) is 0 Å². The van der Waals surface area contributed by atoms with Crippen molar-refractivity contribution < 1.29 is 9.84 Å². The van der Waals surface area contributed by atoms with Gasteiger partial charge in [0.25, 0.3) is 0 Å². The Labute approximate surface area is 155 Å². The maximum atomic E-state index is 10.9. The van der Waals surface area contributed by atoms with Gasteiger partial charge in [0, 0.05) is 49.5 Å². The first-order chi connectivity index (χ1) is 12.5. The zero-order chi connectivity index (χ0) is 18.1. The molecule has 140 valence electrons. The van der Waals surface area contributed by atoms with Crippen LogP contribution in [0.2, 0.25) is 0 Å². The number of aliphatic hydroxyl groups is 1. The van der Waals surface area contributed by atoms with Crippen molar-refractivity contribution in [3.8, 4) is 11.3 Å². The molecule has 0 amide bonds. The topological polar surface area (TPSA) is 50.5 Å². The molecule has 0 spiro atoms. The number of ether oxygens (including phenoxy) is 1. The van der Waals surface area contributed by atoms with Crippen LogP contribution in [0.3, 0.4) is 0 Å². The highest BCUT2D eigenvalue weighted by molar-refractivity contribution is 5.62. The zero-order valence-corrected chi connectivity index (χ0v) is 15.8. The van der Waals surface area contributed by atoms with E-state index in [0.29, 0.717) is 19.3 Å². The Hall–Kier alpha value is -1.69. The SMILES string of the molecule is Cn1cc(CN2CCC[C@@H]2[C@H]2COCC[C@]2(C)O)c(-c2ccccc2)n1. The lowest BCUT2D eigenvalue weighted by molar-refractivity contribution is -0.123. The summed E-state index contributed by atoms with van der Waals surface area (Å²) >= 11 is 0. The highest BCUT2D eigenvalue weighted by atomic mass is 16.5. The molecule has 2 fully saturated rings. The lowest BCUT2D eigenvalue weighted by Gasteiger charge is -2.43. The third-order valence-corrected chi connectivity index (χ3v) is 6.05. The smallest absolute Gasteiger partial charge is 0.0968 e. The minimum Gasteiger partial charge on any atom is -0.390 e. The number of aryl methyl sites for hydroxylation is 1. The van der Waals surface area contributed by atoms with Crippen LogP contribution in [-0.4, -0.2) is 51.2 Å². The van der Waals surface area contributed by atoms with Crippen LogP contribution >= 0.6 is 0 Å². The maximum absolute atomic E-state index is 10.9. The van der Waals surface area contributed by atoms with Gasteiger partial charge in [-0.3, -0.25) is 9.58 Å². The van der Waals surface area contributed by atoms with E-state index in [2.05, 4.69) is 35.4 Å². The first-order valence-electron chi connectivity index (χ1n) is 9.67. The number of likely N-dealkylation sites (tertiary alicyclic amines) is 1. The standard InChI is InChI=1S/C21H29N3O2/c1-21(25)10-12-26-15-18(21)19-9-6-11-24(19)14-17-13-23(2)22-20(17)16-7-4-3-5-8-16/h3-5,7-8,13,18-19,25H,6,9-12,14-15H2,1-2H3/t18-,19-,21+/m1/s1. The number of hydrogen-bond acceptors (Lipinski definition) is 4. The monoisotopic (exact) mass is 355 g/mol. The molecular formula is C21H29N3O2. The molecule has 26 heavy (non-hydrogen) atoms. The van der Waals surface area contributed by atoms with E-state index in [4.69, 9.17) is 9.84 Å². The van der Waals surface area contributed by atoms with Crippen molar-refractivity contribution in [1.29, 1.82) is 0 Å². The Morgan fingerprint density at radius 2 is 2.12 bits per heavy atom. The van der Waals surface area contributed by atoms with Gasteiger partial charge in [-0.1, -0.05) is 30.3 Å². The van der Waals surface area contributed by atoms with Crippen molar-refractivity contribution in [2.24, 2.45) is 13.0 Å². The number of rotatable bonds is 4. The third-order valence-electron chi connectivity index (χ3n) is 6.05. The minimum atomic E-state index is -0.636. The summed E-state index contributed by atoms with van der Waals surface area (Å²) in [7, 11) is 1.98. The summed E-state index contributed by atoms with van der Waals surface area (Å²) in [6, 6.07) is 10.8. The van der Waals surface area contributed by atoms with Crippen molar-refractivity contribution in [2.45, 2.75) is 44.4 Å². The number of nitrogens with zero attached hydrogens (tertiary/aromatic N) is 3. The molecule has 2 saturated heterocycles. The molecule has 0 radical (unpaired) electrons. The second kappa shape index (κ2) is 7.14. The van der Waals surface area contributed by atoms with E-state index < -0.39 is 5.60 Å². The van der Waals surface area contributed by atoms with Crippen LogP contribution in [0, 0.1) is 5.92 Å². The Morgan fingerprint density at radius 3 is 2.88 bits per heavy atom. The fraction of sp³-hybridized carbons (Fsp3) is 0.571. The van der Waals surface area contributed by atoms with Crippen LogP contribution in [0.25, 0.3) is 11.3 Å². The molecule has 2 aliphatic rings. The van der Waals surface area contributed by atoms with Gasteiger partial charge in [0.2, 0.25) is 0 Å². The van der Waals surface area contributed by atoms with Crippen LogP contribution in [0.1, 0.15) is 31.7 Å². The van der Waals surface area contributed by atoms with Gasteiger partial charge in [0.05, 0.1) is 17.9 Å². The minimum absolute atomic E-state index is 0.176. The summed E-state index contributed by atoms with van der Waals surface area (Å²) in [4.78, 5) is 2.53. The van der Waals surface area contributed by atoms with Gasteiger partial charge in [0.15, 0.2) is 0 Å². The Balaban J connectivity index is 1.57. The van der Waals surface area contributed by atoms with E-state index in [0.717, 1.165) is 37.2 Å². The van der Waals surface area contributed by atoms with Gasteiger partial charge >= 0.3 is 0 Å². The third kappa shape index (κ3) is 3.43. The molecule has 1 aromatic heterocycles. The average Bonchev–Trinajstić information content (AvgIpc) is 3.22. The van der Waals surface area contributed by atoms with Crippen molar-refractivity contribution in [1.82, 2.24) is 14.7 Å². The van der Waals surface area contributed by atoms with E-state index in [9.17, 15) is 5.11 Å². The zero-order valence-electron chi connectivity index (χ0n) is 15.8. The van der Waals surface area contributed by atoms with Gasteiger partial charge in [-0.15, -0.1) is 0 Å². The summed E-state index contributed by atoms with van der Waals surface area (Å²) in [5.41, 5.74) is 2.84. The molecule has 3 heterocycles. The van der Waals surface area contributed by atoms with Gasteiger partial charge in [-0.25, -0.2) is 0 Å². The van der Waals surface area contributed by atoms with E-state index in [1.807, 2.05) is 24.7 Å². The van der Waals surface area contributed by atoms with Crippen LogP contribution in [-0.2, 0) is 18.3 Å². The largest absolute Gasteiger partial charge is 0.390 e. The second-order valence-corrected chi connectivity index (χ2v) is 8.01. The lowest BCUT2D eigenvalue weighted by Crippen LogP contribution is -2.52. The van der Waals surface area contributed by atoms with Crippen molar-refractivity contribution in [3.63, 3.8) is 0 Å². The van der Waals surface area contributed by atoms with Gasteiger partial charge in [-0.05, 0) is 32.7 Å². The highest BCUT2D eigenvalue weighted by Crippen LogP contribution is 2.37. The van der Waals surface area contributed by atoms with Crippen molar-refractivity contribution in [3.05, 3.63) is 42.1 Å². The quantitative estimate of drug-likeness (QED) is 0.916. The molecule has 5 nitrogen and oxygen atoms in total. The molecule has 3 atom stereocenters. The van der Waals surface area contributed by atoms with Crippen molar-refractivity contribution in [2.75, 3.05) is 19.8 Å². The summed E-state index contributed by atoms with van der Waals surface area (Å²) in [6.45, 7) is 5.25. The fourth-order valence-corrected chi connectivity index (χ4v) is 4.59. The van der Waals surface area contributed by atoms with E-state index >= 15 is 0 Å². The first kappa shape index (κ1) is 17.7. The number of benzene rings is 1. The highest BCUT2D eigenvalue weighted by Gasteiger charge is 2.44. The molecule has 1 N–H and O–H groups in total. The molecule has 4 rings (SSSR count). The number of hydrogen-bond donors (Lipinski definition) is 1. The molecule has 2 aromatic rings. The molecule has 0 aliphatic carbocycles. The normalized spacial score (nSPS) is 30.0. The predicted octanol–water partition coefficient (Wildman–Crippen LogP) is 2.84. The molecular weight excluding hydrogens is 326 g/mol. The summed E-state index contributed by atoms with van der Waals surface area (Å²) in [5.74, 6) is 0.176. The first-order valence-corrected chi connectivity index (χ1v) is 9.67. The van der Waals surface area contributed by atoms with Crippen LogP contribution in [0.15, 0.2) is 36.5 Å². The molecule has 0 unspecified atom stereocenters. The Bertz CT molecular complexity index is 741. The molecule has 1 aromatic carbocycles. The van der Waals surface area contributed by atoms with Gasteiger partial charge in [0.1, 0.15) is 0 Å². The van der Waals surface area contributed by atoms with Crippen LogP contribution in [0.5, 0.6) is 0 Å². The summed E-state index contributed by atoms with van der Waals surface area (Å²) in [5, 5.41) is 15.6. The molecule has 0 saturated carbocycles. The molecule has 5 heteroatoms. The van der Waals surface area contributed by atoms with Crippen LogP contribution in [0.4, 0.5) is 0 Å². The van der Waals surface area contributed by atoms with E-state index in [-0.39, 0.29) is 5.92 Å². The van der Waals surface area contributed by atoms with Crippen molar-refractivity contribution >= 4 is 0 Å². The maximum Gasteiger partial charge on any atom is 0.0968 e. The summed E-state index contributed by atoms with van der Waals surface area (Å²) in [6.07, 6.45) is 5.17. The average molecular weight is 355 g/mol. The van der Waals surface area contributed by atoms with Crippen LogP contribution < -0.4 is 0 Å². The fourth-order valence-electron chi connectivity index (χ4n) is 4.59. The van der Waals surface area contributed by atoms with E-state index in [1.165, 1.54) is 12.0 Å². The molecule has 0 bridgehead atoms.